The molecule has 142 valence electrons. The summed E-state index contributed by atoms with van der Waals surface area (Å²) < 4.78 is 10.4. The molecule has 0 atom stereocenters. The summed E-state index contributed by atoms with van der Waals surface area (Å²) in [5, 5.41) is 5.23. The van der Waals surface area contributed by atoms with Crippen LogP contribution in [0, 0.1) is 0 Å². The van der Waals surface area contributed by atoms with Crippen molar-refractivity contribution in [3.05, 3.63) is 54.1 Å². The first-order chi connectivity index (χ1) is 13.0. The molecule has 7 nitrogen and oxygen atoms in total. The number of hydrogen-bond donors (Lipinski definition) is 2. The van der Waals surface area contributed by atoms with Gasteiger partial charge in [0.2, 0.25) is 11.8 Å². The lowest BCUT2D eigenvalue weighted by atomic mass is 10.1. The van der Waals surface area contributed by atoms with Crippen LogP contribution in [0.1, 0.15) is 30.6 Å². The van der Waals surface area contributed by atoms with Crippen molar-refractivity contribution in [2.75, 3.05) is 23.8 Å². The lowest BCUT2D eigenvalue weighted by Crippen LogP contribution is -2.22. The molecule has 2 N–H and O–H groups in total. The van der Waals surface area contributed by atoms with Crippen LogP contribution in [0.2, 0.25) is 0 Å². The van der Waals surface area contributed by atoms with Gasteiger partial charge in [0.15, 0.2) is 0 Å². The van der Waals surface area contributed by atoms with Crippen molar-refractivity contribution in [2.45, 2.75) is 20.3 Å². The van der Waals surface area contributed by atoms with Crippen molar-refractivity contribution in [1.29, 1.82) is 0 Å². The fourth-order valence-corrected chi connectivity index (χ4v) is 2.36. The molecule has 27 heavy (non-hydrogen) atoms. The van der Waals surface area contributed by atoms with E-state index in [0.29, 0.717) is 23.7 Å². The number of esters is 1. The van der Waals surface area contributed by atoms with Crippen LogP contribution < -0.4 is 15.4 Å². The smallest absolute Gasteiger partial charge is 0.340 e. The predicted molar refractivity (Wildman–Crippen MR) is 102 cm³/mol. The van der Waals surface area contributed by atoms with Crippen LogP contribution in [0.5, 0.6) is 5.75 Å². The number of rotatable bonds is 8. The van der Waals surface area contributed by atoms with Crippen LogP contribution in [-0.2, 0) is 14.3 Å². The van der Waals surface area contributed by atoms with Gasteiger partial charge in [-0.15, -0.1) is 0 Å². The zero-order valence-corrected chi connectivity index (χ0v) is 15.3. The van der Waals surface area contributed by atoms with Crippen molar-refractivity contribution in [2.24, 2.45) is 0 Å². The number of amides is 2. The molecular weight excluding hydrogens is 348 g/mol. The van der Waals surface area contributed by atoms with E-state index in [0.717, 1.165) is 0 Å². The molecule has 0 aliphatic rings. The van der Waals surface area contributed by atoms with E-state index >= 15 is 0 Å². The summed E-state index contributed by atoms with van der Waals surface area (Å²) in [5.74, 6) is -1.05. The first-order valence-corrected chi connectivity index (χ1v) is 8.62. The molecule has 7 heteroatoms. The topological polar surface area (TPSA) is 93.7 Å². The molecule has 2 amide bonds. The number of hydrogen-bond acceptors (Lipinski definition) is 5. The molecule has 0 saturated carbocycles. The molecule has 0 heterocycles. The van der Waals surface area contributed by atoms with Crippen molar-refractivity contribution in [3.63, 3.8) is 0 Å². The summed E-state index contributed by atoms with van der Waals surface area (Å²) in [7, 11) is 0. The molecule has 0 bridgehead atoms. The molecule has 0 spiro atoms. The van der Waals surface area contributed by atoms with Gasteiger partial charge in [-0.3, -0.25) is 9.59 Å². The minimum Gasteiger partial charge on any atom is -0.492 e. The molecule has 0 radical (unpaired) electrons. The summed E-state index contributed by atoms with van der Waals surface area (Å²) in [4.78, 5) is 36.3. The number of anilines is 2. The first kappa shape index (κ1) is 20.0. The zero-order valence-electron chi connectivity index (χ0n) is 15.3. The van der Waals surface area contributed by atoms with E-state index in [-0.39, 0.29) is 12.2 Å². The fraction of sp³-hybridized carbons (Fsp3) is 0.250. The Kier molecular flexibility index (Phi) is 7.37. The van der Waals surface area contributed by atoms with E-state index in [1.54, 1.807) is 55.5 Å². The van der Waals surface area contributed by atoms with Crippen LogP contribution in [0.4, 0.5) is 11.4 Å². The summed E-state index contributed by atoms with van der Waals surface area (Å²) >= 11 is 0. The Morgan fingerprint density at radius 1 is 0.815 bits per heavy atom. The highest BCUT2D eigenvalue weighted by Gasteiger charge is 2.16. The Hall–Kier alpha value is -3.35. The number of nitrogens with one attached hydrogen (secondary N) is 2. The monoisotopic (exact) mass is 370 g/mol. The summed E-state index contributed by atoms with van der Waals surface area (Å²) in [5.41, 5.74) is 1.02. The van der Waals surface area contributed by atoms with E-state index in [4.69, 9.17) is 9.47 Å². The number of benzene rings is 2. The van der Waals surface area contributed by atoms with Gasteiger partial charge in [0.05, 0.1) is 30.2 Å². The number of carbonyl (C=O) groups excluding carboxylic acids is 3. The van der Waals surface area contributed by atoms with Gasteiger partial charge in [-0.1, -0.05) is 24.3 Å². The van der Waals surface area contributed by atoms with Gasteiger partial charge in [-0.2, -0.15) is 0 Å². The highest BCUT2D eigenvalue weighted by molar-refractivity contribution is 6.10. The number of ether oxygens (including phenoxy) is 2. The minimum atomic E-state index is -0.543. The maximum absolute atomic E-state index is 12.2. The van der Waals surface area contributed by atoms with Gasteiger partial charge in [0, 0.05) is 0 Å². The van der Waals surface area contributed by atoms with Crippen LogP contribution >= 0.6 is 0 Å². The molecule has 2 aromatic carbocycles. The summed E-state index contributed by atoms with van der Waals surface area (Å²) in [6.07, 6.45) is -0.405. The van der Waals surface area contributed by atoms with Gasteiger partial charge in [-0.25, -0.2) is 4.79 Å². The third-order valence-electron chi connectivity index (χ3n) is 3.48. The van der Waals surface area contributed by atoms with Crippen LogP contribution in [0.25, 0.3) is 0 Å². The Morgan fingerprint density at radius 3 is 2.07 bits per heavy atom. The minimum absolute atomic E-state index is 0.225. The third-order valence-corrected chi connectivity index (χ3v) is 3.48. The normalized spacial score (nSPS) is 10.0. The second kappa shape index (κ2) is 9.96. The lowest BCUT2D eigenvalue weighted by molar-refractivity contribution is -0.123. The molecule has 0 aliphatic heterocycles. The number of carbonyl (C=O) groups is 3. The van der Waals surface area contributed by atoms with Gasteiger partial charge < -0.3 is 20.1 Å². The number of para-hydroxylation sites is 3. The molecule has 0 aromatic heterocycles. The van der Waals surface area contributed by atoms with Gasteiger partial charge in [-0.05, 0) is 38.1 Å². The fourth-order valence-electron chi connectivity index (χ4n) is 2.36. The van der Waals surface area contributed by atoms with E-state index in [9.17, 15) is 14.4 Å². The van der Waals surface area contributed by atoms with Crippen LogP contribution in [0.15, 0.2) is 48.5 Å². The molecule has 0 saturated heterocycles. The SMILES string of the molecule is CCOC(=O)c1ccccc1NC(=O)CC(=O)Nc1ccccc1OCC. The second-order valence-corrected chi connectivity index (χ2v) is 5.47. The van der Waals surface area contributed by atoms with Crippen LogP contribution in [0.3, 0.4) is 0 Å². The van der Waals surface area contributed by atoms with Gasteiger partial charge >= 0.3 is 5.97 Å². The Bertz CT molecular complexity index is 820. The van der Waals surface area contributed by atoms with Gasteiger partial charge in [0.25, 0.3) is 0 Å². The molecule has 0 unspecified atom stereocenters. The summed E-state index contributed by atoms with van der Waals surface area (Å²) in [6, 6.07) is 13.4. The molecule has 0 aliphatic carbocycles. The largest absolute Gasteiger partial charge is 0.492 e. The first-order valence-electron chi connectivity index (χ1n) is 8.62. The highest BCUT2D eigenvalue weighted by atomic mass is 16.5. The van der Waals surface area contributed by atoms with Crippen LogP contribution in [-0.4, -0.2) is 31.0 Å². The molecular formula is C20H22N2O5. The average Bonchev–Trinajstić information content (AvgIpc) is 2.64. The van der Waals surface area contributed by atoms with E-state index < -0.39 is 24.2 Å². The van der Waals surface area contributed by atoms with E-state index in [1.807, 2.05) is 6.92 Å². The molecule has 2 rings (SSSR count). The Balaban J connectivity index is 2.00. The van der Waals surface area contributed by atoms with Crippen molar-refractivity contribution in [1.82, 2.24) is 0 Å². The zero-order chi connectivity index (χ0) is 19.6. The second-order valence-electron chi connectivity index (χ2n) is 5.47. The maximum atomic E-state index is 12.2. The quantitative estimate of drug-likeness (QED) is 0.550. The third kappa shape index (κ3) is 5.85. The standard InChI is InChI=1S/C20H22N2O5/c1-3-26-17-12-8-7-11-16(17)22-19(24)13-18(23)21-15-10-6-5-9-14(15)20(25)27-4-2/h5-12H,3-4,13H2,1-2H3,(H,21,23)(H,22,24). The summed E-state index contributed by atoms with van der Waals surface area (Å²) in [6.45, 7) is 4.22. The van der Waals surface area contributed by atoms with E-state index in [1.165, 1.54) is 0 Å². The van der Waals surface area contributed by atoms with Crippen molar-refractivity contribution < 1.29 is 23.9 Å². The Labute approximate surface area is 157 Å². The maximum Gasteiger partial charge on any atom is 0.340 e. The average molecular weight is 370 g/mol. The van der Waals surface area contributed by atoms with Crippen molar-refractivity contribution in [3.8, 4) is 5.75 Å². The van der Waals surface area contributed by atoms with E-state index in [2.05, 4.69) is 10.6 Å². The Morgan fingerprint density at radius 2 is 1.41 bits per heavy atom. The lowest BCUT2D eigenvalue weighted by Gasteiger charge is -2.12. The van der Waals surface area contributed by atoms with Crippen molar-refractivity contribution >= 4 is 29.2 Å². The molecule has 2 aromatic rings. The predicted octanol–water partition coefficient (Wildman–Crippen LogP) is 3.23. The molecule has 0 fully saturated rings. The highest BCUT2D eigenvalue weighted by Crippen LogP contribution is 2.24. The van der Waals surface area contributed by atoms with Gasteiger partial charge in [0.1, 0.15) is 12.2 Å².